The van der Waals surface area contributed by atoms with Gasteiger partial charge in [-0.2, -0.15) is 0 Å². The molecule has 1 amide bonds. The summed E-state index contributed by atoms with van der Waals surface area (Å²) < 4.78 is 18.1. The lowest BCUT2D eigenvalue weighted by atomic mass is 10.2. The molecule has 1 heterocycles. The van der Waals surface area contributed by atoms with Gasteiger partial charge >= 0.3 is 0 Å². The van der Waals surface area contributed by atoms with Crippen LogP contribution in [0.3, 0.4) is 0 Å². The molecule has 0 fully saturated rings. The standard InChI is InChI=1S/C20H19FN4O2/c1-27-12-11-22-20(26)17-13-18(23-16-9-7-15(21)8-10-16)25-19(24-17)14-5-3-2-4-6-14/h2-10,13H,11-12H2,1H3,(H,22,26)(H,23,24,25). The number of rotatable bonds is 7. The van der Waals surface area contributed by atoms with Gasteiger partial charge in [0.15, 0.2) is 5.82 Å². The van der Waals surface area contributed by atoms with E-state index in [0.29, 0.717) is 30.5 Å². The maximum absolute atomic E-state index is 13.1. The van der Waals surface area contributed by atoms with Crippen LogP contribution in [0.1, 0.15) is 10.5 Å². The predicted octanol–water partition coefficient (Wildman–Crippen LogP) is 3.40. The Morgan fingerprint density at radius 3 is 2.52 bits per heavy atom. The summed E-state index contributed by atoms with van der Waals surface area (Å²) in [4.78, 5) is 21.3. The van der Waals surface area contributed by atoms with Gasteiger partial charge in [-0.1, -0.05) is 30.3 Å². The van der Waals surface area contributed by atoms with Crippen molar-refractivity contribution in [1.29, 1.82) is 0 Å². The van der Waals surface area contributed by atoms with Crippen LogP contribution in [0.25, 0.3) is 11.4 Å². The average molecular weight is 366 g/mol. The van der Waals surface area contributed by atoms with E-state index >= 15 is 0 Å². The Labute approximate surface area is 156 Å². The molecule has 0 aliphatic carbocycles. The van der Waals surface area contributed by atoms with Crippen molar-refractivity contribution in [3.8, 4) is 11.4 Å². The lowest BCUT2D eigenvalue weighted by Crippen LogP contribution is -2.28. The normalized spacial score (nSPS) is 10.4. The summed E-state index contributed by atoms with van der Waals surface area (Å²) in [5, 5.41) is 5.83. The molecule has 6 nitrogen and oxygen atoms in total. The zero-order chi connectivity index (χ0) is 19.1. The molecule has 0 radical (unpaired) electrons. The Hall–Kier alpha value is -3.32. The number of halogens is 1. The first-order chi connectivity index (χ1) is 13.2. The van der Waals surface area contributed by atoms with Crippen molar-refractivity contribution in [2.24, 2.45) is 0 Å². The number of amides is 1. The molecule has 0 spiro atoms. The fourth-order valence-electron chi connectivity index (χ4n) is 2.38. The van der Waals surface area contributed by atoms with E-state index in [1.807, 2.05) is 30.3 Å². The second kappa shape index (κ2) is 8.86. The number of aromatic nitrogens is 2. The van der Waals surface area contributed by atoms with E-state index in [4.69, 9.17) is 4.74 Å². The number of nitrogens with one attached hydrogen (secondary N) is 2. The molecule has 3 rings (SSSR count). The van der Waals surface area contributed by atoms with E-state index in [0.717, 1.165) is 5.56 Å². The van der Waals surface area contributed by atoms with E-state index in [2.05, 4.69) is 20.6 Å². The summed E-state index contributed by atoms with van der Waals surface area (Å²) in [6.45, 7) is 0.782. The van der Waals surface area contributed by atoms with Crippen LogP contribution in [0.15, 0.2) is 60.7 Å². The van der Waals surface area contributed by atoms with Gasteiger partial charge in [-0.15, -0.1) is 0 Å². The molecule has 2 aromatic carbocycles. The van der Waals surface area contributed by atoms with Crippen LogP contribution >= 0.6 is 0 Å². The molecule has 0 aliphatic rings. The van der Waals surface area contributed by atoms with Crippen molar-refractivity contribution in [3.05, 3.63) is 72.2 Å². The van der Waals surface area contributed by atoms with Crippen molar-refractivity contribution in [2.45, 2.75) is 0 Å². The monoisotopic (exact) mass is 366 g/mol. The smallest absolute Gasteiger partial charge is 0.270 e. The lowest BCUT2D eigenvalue weighted by Gasteiger charge is -2.11. The van der Waals surface area contributed by atoms with E-state index in [9.17, 15) is 9.18 Å². The van der Waals surface area contributed by atoms with Gasteiger partial charge < -0.3 is 15.4 Å². The van der Waals surface area contributed by atoms with Gasteiger partial charge in [0.25, 0.3) is 5.91 Å². The molecule has 0 unspecified atom stereocenters. The average Bonchev–Trinajstić information content (AvgIpc) is 2.70. The molecule has 0 saturated carbocycles. The number of carbonyl (C=O) groups is 1. The van der Waals surface area contributed by atoms with Crippen LogP contribution in [0, 0.1) is 5.82 Å². The Balaban J connectivity index is 1.92. The largest absolute Gasteiger partial charge is 0.383 e. The summed E-state index contributed by atoms with van der Waals surface area (Å²) >= 11 is 0. The molecule has 1 aromatic heterocycles. The van der Waals surface area contributed by atoms with Gasteiger partial charge in [-0.3, -0.25) is 4.79 Å². The third kappa shape index (κ3) is 5.08. The number of carbonyl (C=O) groups excluding carboxylic acids is 1. The van der Waals surface area contributed by atoms with Gasteiger partial charge in [0, 0.05) is 31.0 Å². The zero-order valence-corrected chi connectivity index (χ0v) is 14.8. The summed E-state index contributed by atoms with van der Waals surface area (Å²) in [7, 11) is 1.56. The van der Waals surface area contributed by atoms with Crippen LogP contribution in [0.2, 0.25) is 0 Å². The molecule has 2 N–H and O–H groups in total. The van der Waals surface area contributed by atoms with Crippen LogP contribution in [0.5, 0.6) is 0 Å². The molecule has 3 aromatic rings. The Kier molecular flexibility index (Phi) is 6.06. The van der Waals surface area contributed by atoms with Crippen LogP contribution < -0.4 is 10.6 Å². The Bertz CT molecular complexity index is 902. The predicted molar refractivity (Wildman–Crippen MR) is 101 cm³/mol. The van der Waals surface area contributed by atoms with Crippen molar-refractivity contribution < 1.29 is 13.9 Å². The molecule has 27 heavy (non-hydrogen) atoms. The highest BCUT2D eigenvalue weighted by atomic mass is 19.1. The van der Waals surface area contributed by atoms with Crippen molar-refractivity contribution in [2.75, 3.05) is 25.6 Å². The van der Waals surface area contributed by atoms with E-state index < -0.39 is 0 Å². The number of ether oxygens (including phenoxy) is 1. The molecule has 7 heteroatoms. The lowest BCUT2D eigenvalue weighted by molar-refractivity contribution is 0.0932. The van der Waals surface area contributed by atoms with Gasteiger partial charge in [-0.05, 0) is 24.3 Å². The van der Waals surface area contributed by atoms with Crippen LogP contribution in [-0.2, 0) is 4.74 Å². The van der Waals surface area contributed by atoms with Crippen LogP contribution in [-0.4, -0.2) is 36.1 Å². The fourth-order valence-corrected chi connectivity index (χ4v) is 2.38. The first kappa shape index (κ1) is 18.5. The molecule has 0 bridgehead atoms. The second-order valence-electron chi connectivity index (χ2n) is 5.71. The first-order valence-corrected chi connectivity index (χ1v) is 8.40. The zero-order valence-electron chi connectivity index (χ0n) is 14.8. The fraction of sp³-hybridized carbons (Fsp3) is 0.150. The van der Waals surface area contributed by atoms with Crippen molar-refractivity contribution in [1.82, 2.24) is 15.3 Å². The van der Waals surface area contributed by atoms with Gasteiger partial charge in [-0.25, -0.2) is 14.4 Å². The number of methoxy groups -OCH3 is 1. The SMILES string of the molecule is COCCNC(=O)c1cc(Nc2ccc(F)cc2)nc(-c2ccccc2)n1. The van der Waals surface area contributed by atoms with Crippen molar-refractivity contribution in [3.63, 3.8) is 0 Å². The molecular weight excluding hydrogens is 347 g/mol. The summed E-state index contributed by atoms with van der Waals surface area (Å²) in [5.41, 5.74) is 1.66. The number of nitrogens with zero attached hydrogens (tertiary/aromatic N) is 2. The number of hydrogen-bond donors (Lipinski definition) is 2. The maximum atomic E-state index is 13.1. The minimum absolute atomic E-state index is 0.226. The quantitative estimate of drug-likeness (QED) is 0.627. The molecule has 138 valence electrons. The van der Waals surface area contributed by atoms with Crippen molar-refractivity contribution >= 4 is 17.4 Å². The van der Waals surface area contributed by atoms with E-state index in [-0.39, 0.29) is 17.4 Å². The number of hydrogen-bond acceptors (Lipinski definition) is 5. The van der Waals surface area contributed by atoms with E-state index in [1.54, 1.807) is 25.3 Å². The molecule has 0 atom stereocenters. The summed E-state index contributed by atoms with van der Waals surface area (Å²) in [6, 6.07) is 16.8. The second-order valence-corrected chi connectivity index (χ2v) is 5.71. The Morgan fingerprint density at radius 1 is 1.07 bits per heavy atom. The minimum Gasteiger partial charge on any atom is -0.383 e. The molecule has 0 aliphatic heterocycles. The highest BCUT2D eigenvalue weighted by Gasteiger charge is 2.13. The third-order valence-electron chi connectivity index (χ3n) is 3.70. The minimum atomic E-state index is -0.327. The molecular formula is C20H19FN4O2. The van der Waals surface area contributed by atoms with Gasteiger partial charge in [0.2, 0.25) is 0 Å². The maximum Gasteiger partial charge on any atom is 0.270 e. The number of benzene rings is 2. The first-order valence-electron chi connectivity index (χ1n) is 8.40. The molecule has 0 saturated heterocycles. The highest BCUT2D eigenvalue weighted by molar-refractivity contribution is 5.93. The summed E-state index contributed by atoms with van der Waals surface area (Å²) in [6.07, 6.45) is 0. The highest BCUT2D eigenvalue weighted by Crippen LogP contribution is 2.21. The van der Waals surface area contributed by atoms with Gasteiger partial charge in [0.05, 0.1) is 6.61 Å². The Morgan fingerprint density at radius 2 is 1.81 bits per heavy atom. The topological polar surface area (TPSA) is 76.1 Å². The van der Waals surface area contributed by atoms with Crippen LogP contribution in [0.4, 0.5) is 15.9 Å². The third-order valence-corrected chi connectivity index (χ3v) is 3.70. The summed E-state index contributed by atoms with van der Waals surface area (Å²) in [5.74, 6) is 0.201. The van der Waals surface area contributed by atoms with E-state index in [1.165, 1.54) is 12.1 Å². The number of anilines is 2. The van der Waals surface area contributed by atoms with Gasteiger partial charge in [0.1, 0.15) is 17.3 Å².